The van der Waals surface area contributed by atoms with E-state index in [4.69, 9.17) is 17.2 Å². The fourth-order valence-corrected chi connectivity index (χ4v) is 2.48. The van der Waals surface area contributed by atoms with Crippen molar-refractivity contribution in [1.29, 1.82) is 0 Å². The molecule has 1 heterocycles. The predicted octanol–water partition coefficient (Wildman–Crippen LogP) is -4.50. The lowest BCUT2D eigenvalue weighted by Crippen LogP contribution is -2.55. The summed E-state index contributed by atoms with van der Waals surface area (Å²) in [5.74, 6) is -3.66. The van der Waals surface area contributed by atoms with Crippen molar-refractivity contribution >= 4 is 29.7 Å². The van der Waals surface area contributed by atoms with Crippen LogP contribution < -0.4 is 33.2 Å². The average molecular weight is 455 g/mol. The van der Waals surface area contributed by atoms with Gasteiger partial charge in [-0.05, 0) is 12.8 Å². The van der Waals surface area contributed by atoms with Crippen molar-refractivity contribution in [1.82, 2.24) is 25.9 Å². The van der Waals surface area contributed by atoms with Gasteiger partial charge in [0.15, 0.2) is 5.96 Å². The minimum Gasteiger partial charge on any atom is -0.480 e. The number of H-pyrrole nitrogens is 1. The van der Waals surface area contributed by atoms with Crippen molar-refractivity contribution in [3.05, 3.63) is 18.2 Å². The van der Waals surface area contributed by atoms with Gasteiger partial charge in [-0.1, -0.05) is 0 Å². The summed E-state index contributed by atoms with van der Waals surface area (Å²) in [6, 6.07) is -3.63. The van der Waals surface area contributed by atoms with Gasteiger partial charge in [-0.2, -0.15) is 0 Å². The summed E-state index contributed by atoms with van der Waals surface area (Å²) in [6.45, 7) is -0.984. The zero-order chi connectivity index (χ0) is 24.1. The second kappa shape index (κ2) is 13.6. The number of carbonyl (C=O) groups is 4. The largest absolute Gasteiger partial charge is 0.480 e. The Morgan fingerprint density at radius 1 is 1.16 bits per heavy atom. The first-order chi connectivity index (χ1) is 15.1. The smallest absolute Gasteiger partial charge is 0.326 e. The fraction of sp³-hybridized carbons (Fsp3) is 0.529. The standard InChI is InChI=1S/C17H29N9O6/c18-10(2-1-3-22-17(19)20)14(29)23-6-13(28)25-12(7-27)15(30)26-11(16(31)32)4-9-5-21-8-24-9/h5,8,10-12,27H,1-4,6-7,18H2,(H,21,24)(H,23,29)(H,25,28)(H,26,30)(H,31,32)(H4,19,20,22). The SMILES string of the molecule is NC(N)=NCCCC(N)C(=O)NCC(=O)NC(CO)C(=O)NC(Cc1cnc[nH]1)C(=O)O. The van der Waals surface area contributed by atoms with Crippen LogP contribution in [0.3, 0.4) is 0 Å². The minimum atomic E-state index is -1.42. The van der Waals surface area contributed by atoms with E-state index in [-0.39, 0.29) is 18.8 Å². The first kappa shape index (κ1) is 26.3. The third-order valence-corrected chi connectivity index (χ3v) is 4.16. The van der Waals surface area contributed by atoms with Crippen LogP contribution in [-0.4, -0.2) is 87.7 Å². The number of carboxylic acid groups (broad SMARTS) is 1. The Kier molecular flexibility index (Phi) is 11.1. The highest BCUT2D eigenvalue weighted by Crippen LogP contribution is 2.00. The van der Waals surface area contributed by atoms with Crippen molar-refractivity contribution in [2.45, 2.75) is 37.4 Å². The second-order valence-corrected chi connectivity index (χ2v) is 6.76. The van der Waals surface area contributed by atoms with Crippen LogP contribution in [0.4, 0.5) is 0 Å². The van der Waals surface area contributed by atoms with Crippen LogP contribution in [0.5, 0.6) is 0 Å². The molecule has 0 aliphatic heterocycles. The molecule has 0 radical (unpaired) electrons. The number of rotatable bonds is 14. The zero-order valence-corrected chi connectivity index (χ0v) is 17.3. The molecular formula is C17H29N9O6. The molecule has 15 nitrogen and oxygen atoms in total. The second-order valence-electron chi connectivity index (χ2n) is 6.76. The van der Waals surface area contributed by atoms with Crippen molar-refractivity contribution < 1.29 is 29.4 Å². The molecule has 12 N–H and O–H groups in total. The quantitative estimate of drug-likeness (QED) is 0.0736. The van der Waals surface area contributed by atoms with Gasteiger partial charge in [0, 0.05) is 24.9 Å². The molecule has 1 aromatic heterocycles. The summed E-state index contributed by atoms with van der Waals surface area (Å²) in [5.41, 5.74) is 16.6. The van der Waals surface area contributed by atoms with Gasteiger partial charge in [-0.15, -0.1) is 0 Å². The molecule has 0 bridgehead atoms. The van der Waals surface area contributed by atoms with E-state index in [1.807, 2.05) is 0 Å². The third-order valence-electron chi connectivity index (χ3n) is 4.16. The number of hydrogen-bond donors (Lipinski definition) is 9. The number of amides is 3. The maximum Gasteiger partial charge on any atom is 0.326 e. The van der Waals surface area contributed by atoms with Gasteiger partial charge in [0.2, 0.25) is 17.7 Å². The molecule has 0 fully saturated rings. The molecule has 0 saturated heterocycles. The molecule has 0 aliphatic carbocycles. The summed E-state index contributed by atoms with van der Waals surface area (Å²) >= 11 is 0. The molecular weight excluding hydrogens is 426 g/mol. The topological polar surface area (TPSA) is 264 Å². The average Bonchev–Trinajstić information content (AvgIpc) is 3.25. The lowest BCUT2D eigenvalue weighted by Gasteiger charge is -2.20. The summed E-state index contributed by atoms with van der Waals surface area (Å²) in [5, 5.41) is 25.4. The number of hydrogen-bond acceptors (Lipinski definition) is 8. The van der Waals surface area contributed by atoms with E-state index in [0.29, 0.717) is 18.7 Å². The van der Waals surface area contributed by atoms with Crippen LogP contribution in [0, 0.1) is 0 Å². The van der Waals surface area contributed by atoms with Gasteiger partial charge in [0.05, 0.1) is 25.5 Å². The zero-order valence-electron chi connectivity index (χ0n) is 17.3. The number of carboxylic acids is 1. The Labute approximate surface area is 183 Å². The highest BCUT2D eigenvalue weighted by atomic mass is 16.4. The number of aliphatic imine (C=N–C) groups is 1. The first-order valence-electron chi connectivity index (χ1n) is 9.63. The Morgan fingerprint density at radius 2 is 1.88 bits per heavy atom. The normalized spacial score (nSPS) is 13.3. The summed E-state index contributed by atoms with van der Waals surface area (Å²) in [4.78, 5) is 57.9. The maximum absolute atomic E-state index is 12.3. The van der Waals surface area contributed by atoms with Gasteiger partial charge < -0.3 is 48.3 Å². The van der Waals surface area contributed by atoms with Gasteiger partial charge in [-0.3, -0.25) is 19.4 Å². The fourth-order valence-electron chi connectivity index (χ4n) is 2.48. The number of aromatic amines is 1. The van der Waals surface area contributed by atoms with Crippen molar-refractivity contribution in [3.8, 4) is 0 Å². The van der Waals surface area contributed by atoms with Crippen LogP contribution in [0.15, 0.2) is 17.5 Å². The summed E-state index contributed by atoms with van der Waals surface area (Å²) in [6.07, 6.45) is 3.41. The summed E-state index contributed by atoms with van der Waals surface area (Å²) < 4.78 is 0. The monoisotopic (exact) mass is 455 g/mol. The van der Waals surface area contributed by atoms with Gasteiger partial charge in [0.1, 0.15) is 12.1 Å². The Hall–Kier alpha value is -3.72. The molecule has 178 valence electrons. The van der Waals surface area contributed by atoms with E-state index in [0.717, 1.165) is 0 Å². The molecule has 0 aromatic carbocycles. The number of nitrogens with zero attached hydrogens (tertiary/aromatic N) is 2. The molecule has 0 spiro atoms. The number of aliphatic hydroxyl groups is 1. The van der Waals surface area contributed by atoms with Crippen molar-refractivity contribution in [2.75, 3.05) is 19.7 Å². The number of imidazole rings is 1. The number of aliphatic hydroxyl groups excluding tert-OH is 1. The highest BCUT2D eigenvalue weighted by Gasteiger charge is 2.27. The lowest BCUT2D eigenvalue weighted by atomic mass is 10.1. The Morgan fingerprint density at radius 3 is 2.44 bits per heavy atom. The van der Waals surface area contributed by atoms with E-state index in [2.05, 4.69) is 30.9 Å². The molecule has 32 heavy (non-hydrogen) atoms. The van der Waals surface area contributed by atoms with E-state index >= 15 is 0 Å². The number of guanidine groups is 1. The van der Waals surface area contributed by atoms with E-state index < -0.39 is 55.0 Å². The van der Waals surface area contributed by atoms with Crippen molar-refractivity contribution in [2.24, 2.45) is 22.2 Å². The molecule has 1 rings (SSSR count). The number of aromatic nitrogens is 2. The van der Waals surface area contributed by atoms with E-state index in [1.165, 1.54) is 12.5 Å². The molecule has 3 amide bonds. The number of nitrogens with one attached hydrogen (secondary N) is 4. The van der Waals surface area contributed by atoms with Crippen LogP contribution in [0.2, 0.25) is 0 Å². The minimum absolute atomic E-state index is 0.0712. The lowest BCUT2D eigenvalue weighted by molar-refractivity contribution is -0.142. The van der Waals surface area contributed by atoms with E-state index in [1.54, 1.807) is 0 Å². The Bertz CT molecular complexity index is 794. The molecule has 0 saturated carbocycles. The van der Waals surface area contributed by atoms with E-state index in [9.17, 15) is 29.4 Å². The number of carbonyl (C=O) groups excluding carboxylic acids is 3. The number of aliphatic carboxylic acids is 1. The van der Waals surface area contributed by atoms with Crippen LogP contribution >= 0.6 is 0 Å². The summed E-state index contributed by atoms with van der Waals surface area (Å²) in [7, 11) is 0. The Balaban J connectivity index is 2.47. The molecule has 15 heteroatoms. The number of nitrogens with two attached hydrogens (primary N) is 3. The maximum atomic E-state index is 12.3. The molecule has 1 aromatic rings. The van der Waals surface area contributed by atoms with Crippen LogP contribution in [0.1, 0.15) is 18.5 Å². The van der Waals surface area contributed by atoms with Crippen LogP contribution in [0.25, 0.3) is 0 Å². The van der Waals surface area contributed by atoms with Gasteiger partial charge in [0.25, 0.3) is 0 Å². The molecule has 3 atom stereocenters. The van der Waals surface area contributed by atoms with Gasteiger partial charge in [-0.25, -0.2) is 9.78 Å². The highest BCUT2D eigenvalue weighted by molar-refractivity contribution is 5.92. The first-order valence-corrected chi connectivity index (χ1v) is 9.63. The van der Waals surface area contributed by atoms with Crippen molar-refractivity contribution in [3.63, 3.8) is 0 Å². The van der Waals surface area contributed by atoms with Gasteiger partial charge >= 0.3 is 5.97 Å². The van der Waals surface area contributed by atoms with Crippen LogP contribution in [-0.2, 0) is 25.6 Å². The predicted molar refractivity (Wildman–Crippen MR) is 112 cm³/mol. The third kappa shape index (κ3) is 9.86. The molecule has 3 unspecified atom stereocenters. The molecule has 0 aliphatic rings.